The number of methoxy groups -OCH3 is 1. The third-order valence-electron chi connectivity index (χ3n) is 7.14. The van der Waals surface area contributed by atoms with Crippen LogP contribution in [0.4, 0.5) is 0 Å². The Balaban J connectivity index is 1.63. The average Bonchev–Trinajstić information content (AvgIpc) is 3.01. The van der Waals surface area contributed by atoms with Crippen molar-refractivity contribution in [3.05, 3.63) is 29.1 Å². The van der Waals surface area contributed by atoms with Crippen LogP contribution in [0.15, 0.2) is 12.2 Å². The number of ether oxygens (including phenoxy) is 1. The number of nitrogens with zero attached hydrogens (tertiary/aromatic N) is 4. The van der Waals surface area contributed by atoms with E-state index >= 15 is 0 Å². The molecule has 0 aliphatic carbocycles. The lowest BCUT2D eigenvalue weighted by molar-refractivity contribution is -0.133. The number of aromatic nitrogens is 2. The number of carbonyl (C=O) groups is 1. The maximum atomic E-state index is 13.3. The predicted molar refractivity (Wildman–Crippen MR) is 125 cm³/mol. The van der Waals surface area contributed by atoms with Crippen LogP contribution in [0, 0.1) is 19.8 Å². The Morgan fingerprint density at radius 3 is 2.74 bits per heavy atom. The van der Waals surface area contributed by atoms with Crippen LogP contribution < -0.4 is 0 Å². The number of hydrogen-bond acceptors (Lipinski definition) is 4. The molecule has 2 saturated heterocycles. The lowest BCUT2D eigenvalue weighted by atomic mass is 9.83. The van der Waals surface area contributed by atoms with Crippen molar-refractivity contribution in [3.8, 4) is 0 Å². The SMILES string of the molecule is C=C(C)Cn1nc(C)c(CCC(=O)N(CCOC)C[C@@H]2CCCN3CCCC[C@@H]23)c1C. The summed E-state index contributed by atoms with van der Waals surface area (Å²) < 4.78 is 7.35. The zero-order valence-corrected chi connectivity index (χ0v) is 20.2. The summed E-state index contributed by atoms with van der Waals surface area (Å²) in [6.07, 6.45) is 7.72. The predicted octanol–water partition coefficient (Wildman–Crippen LogP) is 3.75. The summed E-state index contributed by atoms with van der Waals surface area (Å²) in [7, 11) is 1.72. The normalized spacial score (nSPS) is 21.7. The lowest BCUT2D eigenvalue weighted by Gasteiger charge is -2.45. The molecule has 6 nitrogen and oxygen atoms in total. The molecular weight excluding hydrogens is 388 g/mol. The summed E-state index contributed by atoms with van der Waals surface area (Å²) in [6.45, 7) is 15.5. The third kappa shape index (κ3) is 6.19. The van der Waals surface area contributed by atoms with E-state index in [0.29, 0.717) is 31.5 Å². The van der Waals surface area contributed by atoms with E-state index in [9.17, 15) is 4.79 Å². The summed E-state index contributed by atoms with van der Waals surface area (Å²) >= 11 is 0. The standard InChI is InChI=1S/C25H42N4O2/c1-19(2)17-29-21(4)23(20(3)26-29)11-12-25(30)28(15-16-31-5)18-22-9-8-14-27-13-7-6-10-24(22)27/h22,24H,1,6-18H2,2-5H3/t22-,24-/m0/s1. The largest absolute Gasteiger partial charge is 0.383 e. The van der Waals surface area contributed by atoms with E-state index in [1.165, 1.54) is 50.8 Å². The van der Waals surface area contributed by atoms with Gasteiger partial charge in [-0.15, -0.1) is 0 Å². The molecule has 3 heterocycles. The Morgan fingerprint density at radius 2 is 2.00 bits per heavy atom. The minimum absolute atomic E-state index is 0.247. The minimum atomic E-state index is 0.247. The Kier molecular flexibility index (Phi) is 8.73. The Morgan fingerprint density at radius 1 is 1.23 bits per heavy atom. The molecule has 0 bridgehead atoms. The highest BCUT2D eigenvalue weighted by molar-refractivity contribution is 5.76. The Labute approximate surface area is 188 Å². The number of amides is 1. The first kappa shape index (κ1) is 24.0. The average molecular weight is 431 g/mol. The minimum Gasteiger partial charge on any atom is -0.383 e. The smallest absolute Gasteiger partial charge is 0.222 e. The molecule has 0 unspecified atom stereocenters. The molecule has 2 aliphatic rings. The topological polar surface area (TPSA) is 50.6 Å². The van der Waals surface area contributed by atoms with Crippen molar-refractivity contribution in [2.45, 2.75) is 78.3 Å². The lowest BCUT2D eigenvalue weighted by Crippen LogP contribution is -2.52. The van der Waals surface area contributed by atoms with Gasteiger partial charge in [-0.3, -0.25) is 9.48 Å². The van der Waals surface area contributed by atoms with Crippen LogP contribution in [0.3, 0.4) is 0 Å². The van der Waals surface area contributed by atoms with Crippen LogP contribution in [0.1, 0.15) is 62.4 Å². The molecule has 0 radical (unpaired) electrons. The highest BCUT2D eigenvalue weighted by Crippen LogP contribution is 2.31. The third-order valence-corrected chi connectivity index (χ3v) is 7.14. The van der Waals surface area contributed by atoms with Crippen LogP contribution in [0.25, 0.3) is 0 Å². The molecule has 0 N–H and O–H groups in total. The van der Waals surface area contributed by atoms with Gasteiger partial charge in [0.25, 0.3) is 0 Å². The first-order chi connectivity index (χ1) is 14.9. The van der Waals surface area contributed by atoms with Crippen molar-refractivity contribution in [2.24, 2.45) is 5.92 Å². The number of carbonyl (C=O) groups excluding carboxylic acids is 1. The van der Waals surface area contributed by atoms with Gasteiger partial charge < -0.3 is 14.5 Å². The molecule has 2 fully saturated rings. The molecule has 1 amide bonds. The summed E-state index contributed by atoms with van der Waals surface area (Å²) in [6, 6.07) is 0.658. The van der Waals surface area contributed by atoms with Crippen LogP contribution >= 0.6 is 0 Å². The number of hydrogen-bond donors (Lipinski definition) is 0. The van der Waals surface area contributed by atoms with Gasteiger partial charge in [0.15, 0.2) is 0 Å². The van der Waals surface area contributed by atoms with Gasteiger partial charge in [-0.2, -0.15) is 5.10 Å². The highest BCUT2D eigenvalue weighted by atomic mass is 16.5. The number of allylic oxidation sites excluding steroid dienone is 1. The molecular formula is C25H42N4O2. The van der Waals surface area contributed by atoms with Crippen molar-refractivity contribution in [3.63, 3.8) is 0 Å². The van der Waals surface area contributed by atoms with E-state index in [0.717, 1.165) is 36.5 Å². The summed E-state index contributed by atoms with van der Waals surface area (Å²) in [5, 5.41) is 4.67. The second-order valence-electron chi connectivity index (χ2n) is 9.60. The second-order valence-corrected chi connectivity index (χ2v) is 9.60. The van der Waals surface area contributed by atoms with E-state index in [4.69, 9.17) is 4.74 Å². The van der Waals surface area contributed by atoms with Gasteiger partial charge in [0.05, 0.1) is 18.8 Å². The molecule has 174 valence electrons. The summed E-state index contributed by atoms with van der Waals surface area (Å²) in [4.78, 5) is 18.0. The Hall–Kier alpha value is -1.66. The molecule has 1 aromatic heterocycles. The molecule has 31 heavy (non-hydrogen) atoms. The van der Waals surface area contributed by atoms with Crippen LogP contribution in [-0.2, 0) is 22.5 Å². The molecule has 1 aromatic rings. The van der Waals surface area contributed by atoms with Crippen molar-refractivity contribution in [1.82, 2.24) is 19.6 Å². The van der Waals surface area contributed by atoms with Crippen LogP contribution in [-0.4, -0.2) is 71.4 Å². The fourth-order valence-corrected chi connectivity index (χ4v) is 5.49. The van der Waals surface area contributed by atoms with Crippen molar-refractivity contribution < 1.29 is 9.53 Å². The van der Waals surface area contributed by atoms with Crippen molar-refractivity contribution in [2.75, 3.05) is 39.9 Å². The monoisotopic (exact) mass is 430 g/mol. The molecule has 3 rings (SSSR count). The molecule has 2 atom stereocenters. The van der Waals surface area contributed by atoms with Crippen LogP contribution in [0.5, 0.6) is 0 Å². The maximum Gasteiger partial charge on any atom is 0.222 e. The first-order valence-corrected chi connectivity index (χ1v) is 12.1. The van der Waals surface area contributed by atoms with E-state index in [1.807, 2.05) is 18.5 Å². The van der Waals surface area contributed by atoms with Gasteiger partial charge in [0.2, 0.25) is 5.91 Å². The first-order valence-electron chi connectivity index (χ1n) is 12.1. The summed E-state index contributed by atoms with van der Waals surface area (Å²) in [5.74, 6) is 0.841. The fraction of sp³-hybridized carbons (Fsp3) is 0.760. The molecule has 0 aromatic carbocycles. The van der Waals surface area contributed by atoms with E-state index in [2.05, 4.69) is 28.4 Å². The van der Waals surface area contributed by atoms with Crippen LogP contribution in [0.2, 0.25) is 0 Å². The van der Waals surface area contributed by atoms with E-state index in [-0.39, 0.29) is 5.91 Å². The van der Waals surface area contributed by atoms with E-state index < -0.39 is 0 Å². The second kappa shape index (κ2) is 11.3. The van der Waals surface area contributed by atoms with Gasteiger partial charge in [0, 0.05) is 38.4 Å². The Bertz CT molecular complexity index is 755. The zero-order valence-electron chi connectivity index (χ0n) is 20.2. The highest BCUT2D eigenvalue weighted by Gasteiger charge is 2.34. The van der Waals surface area contributed by atoms with Gasteiger partial charge >= 0.3 is 0 Å². The molecule has 2 aliphatic heterocycles. The summed E-state index contributed by atoms with van der Waals surface area (Å²) in [5.41, 5.74) is 4.47. The van der Waals surface area contributed by atoms with Gasteiger partial charge in [-0.05, 0) is 77.4 Å². The number of piperidine rings is 2. The molecule has 6 heteroatoms. The van der Waals surface area contributed by atoms with Gasteiger partial charge in [-0.25, -0.2) is 0 Å². The number of aryl methyl sites for hydroxylation is 1. The fourth-order valence-electron chi connectivity index (χ4n) is 5.49. The number of rotatable bonds is 10. The zero-order chi connectivity index (χ0) is 22.4. The quantitative estimate of drug-likeness (QED) is 0.531. The van der Waals surface area contributed by atoms with Crippen molar-refractivity contribution >= 4 is 5.91 Å². The molecule has 0 spiro atoms. The molecule has 0 saturated carbocycles. The van der Waals surface area contributed by atoms with Gasteiger partial charge in [0.1, 0.15) is 0 Å². The maximum absolute atomic E-state index is 13.3. The van der Waals surface area contributed by atoms with Crippen molar-refractivity contribution in [1.29, 1.82) is 0 Å². The number of fused-ring (bicyclic) bond motifs is 1. The van der Waals surface area contributed by atoms with Gasteiger partial charge in [-0.1, -0.05) is 18.6 Å². The van der Waals surface area contributed by atoms with E-state index in [1.54, 1.807) is 7.11 Å².